The van der Waals surface area contributed by atoms with Crippen LogP contribution in [0.4, 0.5) is 17.6 Å². The summed E-state index contributed by atoms with van der Waals surface area (Å²) < 4.78 is 59.6. The van der Waals surface area contributed by atoms with Crippen LogP contribution in [0.1, 0.15) is 29.9 Å². The normalized spacial score (nSPS) is 16.6. The van der Waals surface area contributed by atoms with Crippen LogP contribution >= 0.6 is 0 Å². The first kappa shape index (κ1) is 22.2. The highest BCUT2D eigenvalue weighted by atomic mass is 19.3. The van der Waals surface area contributed by atoms with Crippen molar-refractivity contribution in [2.75, 3.05) is 13.1 Å². The van der Waals surface area contributed by atoms with Gasteiger partial charge in [0.05, 0.1) is 12.7 Å². The molecule has 2 aromatic carbocycles. The molecule has 3 heterocycles. The summed E-state index contributed by atoms with van der Waals surface area (Å²) in [4.78, 5) is 2.09. The van der Waals surface area contributed by atoms with Crippen LogP contribution in [-0.4, -0.2) is 49.4 Å². The van der Waals surface area contributed by atoms with Crippen molar-refractivity contribution in [2.45, 2.75) is 32.1 Å². The zero-order chi connectivity index (χ0) is 23.7. The summed E-state index contributed by atoms with van der Waals surface area (Å²) in [7, 11) is 0. The standard InChI is InChI=1S/C23H20F4N6O/c24-18-7-8-32(12-18)10-14-1-3-15(4-2-14)20-13-33(31-28-20)11-17-6-5-16(9-19(17)25)22-29-30-23(34-22)21(26)27/h1-6,9,13,18,21H,7-8,10-12H2/t18-/m1/s1. The van der Waals surface area contributed by atoms with Crippen LogP contribution in [0, 0.1) is 5.82 Å². The van der Waals surface area contributed by atoms with Crippen LogP contribution in [0.3, 0.4) is 0 Å². The molecule has 5 rings (SSSR count). The summed E-state index contributed by atoms with van der Waals surface area (Å²) in [5.41, 5.74) is 3.13. The Hall–Kier alpha value is -3.60. The van der Waals surface area contributed by atoms with E-state index in [4.69, 9.17) is 4.42 Å². The highest BCUT2D eigenvalue weighted by Crippen LogP contribution is 2.25. The van der Waals surface area contributed by atoms with Gasteiger partial charge in [-0.25, -0.2) is 13.5 Å². The van der Waals surface area contributed by atoms with Crippen molar-refractivity contribution in [3.05, 3.63) is 71.5 Å². The maximum atomic E-state index is 14.6. The summed E-state index contributed by atoms with van der Waals surface area (Å²) in [6, 6.07) is 12.0. The molecule has 2 aromatic heterocycles. The van der Waals surface area contributed by atoms with Crippen molar-refractivity contribution >= 4 is 0 Å². The molecule has 0 amide bonds. The molecule has 0 saturated carbocycles. The highest BCUT2D eigenvalue weighted by molar-refractivity contribution is 5.58. The Morgan fingerprint density at radius 1 is 1.00 bits per heavy atom. The Bertz CT molecular complexity index is 1270. The molecule has 0 unspecified atom stereocenters. The molecule has 1 aliphatic heterocycles. The SMILES string of the molecule is Fc1cc(-c2nnc(C(F)F)o2)ccc1Cn1cc(-c2ccc(CN3CC[C@@H](F)C3)cc2)nn1. The molecule has 1 aliphatic rings. The number of nitrogens with zero attached hydrogens (tertiary/aromatic N) is 6. The van der Waals surface area contributed by atoms with Crippen LogP contribution in [0.2, 0.25) is 0 Å². The lowest BCUT2D eigenvalue weighted by Crippen LogP contribution is -2.20. The predicted octanol–water partition coefficient (Wildman–Crippen LogP) is 4.66. The maximum absolute atomic E-state index is 14.6. The number of rotatable bonds is 7. The molecule has 1 saturated heterocycles. The Kier molecular flexibility index (Phi) is 6.10. The van der Waals surface area contributed by atoms with Crippen molar-refractivity contribution in [3.63, 3.8) is 0 Å². The van der Waals surface area contributed by atoms with E-state index >= 15 is 0 Å². The largest absolute Gasteiger partial charge is 0.415 e. The molecular formula is C23H20F4N6O. The van der Waals surface area contributed by atoms with Crippen LogP contribution in [0.15, 0.2) is 53.1 Å². The van der Waals surface area contributed by atoms with Gasteiger partial charge in [0.25, 0.3) is 5.89 Å². The third-order valence-corrected chi connectivity index (χ3v) is 5.67. The van der Waals surface area contributed by atoms with Crippen LogP contribution in [0.5, 0.6) is 0 Å². The van der Waals surface area contributed by atoms with Gasteiger partial charge in [-0.05, 0) is 24.1 Å². The fourth-order valence-corrected chi connectivity index (χ4v) is 3.90. The lowest BCUT2D eigenvalue weighted by molar-refractivity contribution is 0.116. The van der Waals surface area contributed by atoms with Crippen molar-refractivity contribution < 1.29 is 22.0 Å². The molecule has 0 aliphatic carbocycles. The first-order valence-electron chi connectivity index (χ1n) is 10.7. The van der Waals surface area contributed by atoms with Gasteiger partial charge in [0.1, 0.15) is 17.7 Å². The van der Waals surface area contributed by atoms with Crippen LogP contribution in [0.25, 0.3) is 22.7 Å². The minimum Gasteiger partial charge on any atom is -0.415 e. The van der Waals surface area contributed by atoms with E-state index in [-0.39, 0.29) is 18.0 Å². The summed E-state index contributed by atoms with van der Waals surface area (Å²) in [5.74, 6) is -1.55. The second kappa shape index (κ2) is 9.34. The van der Waals surface area contributed by atoms with Crippen molar-refractivity contribution in [1.82, 2.24) is 30.1 Å². The fourth-order valence-electron chi connectivity index (χ4n) is 3.90. The number of benzene rings is 2. The van der Waals surface area contributed by atoms with Crippen molar-refractivity contribution in [1.29, 1.82) is 0 Å². The molecule has 0 N–H and O–H groups in total. The zero-order valence-corrected chi connectivity index (χ0v) is 17.9. The molecule has 7 nitrogen and oxygen atoms in total. The summed E-state index contributed by atoms with van der Waals surface area (Å²) in [6.07, 6.45) is -1.34. The molecule has 1 fully saturated rings. The number of aromatic nitrogens is 5. The van der Waals surface area contributed by atoms with E-state index in [9.17, 15) is 17.6 Å². The maximum Gasteiger partial charge on any atom is 0.314 e. The van der Waals surface area contributed by atoms with Crippen molar-refractivity contribution in [3.8, 4) is 22.7 Å². The van der Waals surface area contributed by atoms with Crippen LogP contribution in [-0.2, 0) is 13.1 Å². The van der Waals surface area contributed by atoms with Gasteiger partial charge in [-0.3, -0.25) is 4.90 Å². The van der Waals surface area contributed by atoms with Gasteiger partial charge in [-0.15, -0.1) is 15.3 Å². The second-order valence-electron chi connectivity index (χ2n) is 8.17. The van der Waals surface area contributed by atoms with Crippen LogP contribution < -0.4 is 0 Å². The summed E-state index contributed by atoms with van der Waals surface area (Å²) >= 11 is 0. The third-order valence-electron chi connectivity index (χ3n) is 5.67. The first-order valence-corrected chi connectivity index (χ1v) is 10.7. The van der Waals surface area contributed by atoms with E-state index in [1.807, 2.05) is 24.3 Å². The number of hydrogen-bond acceptors (Lipinski definition) is 6. The van der Waals surface area contributed by atoms with E-state index in [1.165, 1.54) is 16.8 Å². The summed E-state index contributed by atoms with van der Waals surface area (Å²) in [6.45, 7) is 2.07. The number of alkyl halides is 3. The van der Waals surface area contributed by atoms with Gasteiger partial charge < -0.3 is 4.42 Å². The van der Waals surface area contributed by atoms with Gasteiger partial charge in [0.2, 0.25) is 5.89 Å². The summed E-state index contributed by atoms with van der Waals surface area (Å²) in [5, 5.41) is 15.0. The zero-order valence-electron chi connectivity index (χ0n) is 17.9. The monoisotopic (exact) mass is 472 g/mol. The molecule has 176 valence electrons. The molecular weight excluding hydrogens is 452 g/mol. The molecule has 0 bridgehead atoms. The van der Waals surface area contributed by atoms with Gasteiger partial charge in [-0.1, -0.05) is 35.5 Å². The van der Waals surface area contributed by atoms with Gasteiger partial charge >= 0.3 is 6.43 Å². The number of halogens is 4. The first-order chi connectivity index (χ1) is 16.4. The minimum atomic E-state index is -2.89. The van der Waals surface area contributed by atoms with E-state index in [0.29, 0.717) is 30.8 Å². The molecule has 0 radical (unpaired) electrons. The Morgan fingerprint density at radius 3 is 2.47 bits per heavy atom. The minimum absolute atomic E-state index is 0.128. The Balaban J connectivity index is 1.25. The molecule has 34 heavy (non-hydrogen) atoms. The average molecular weight is 472 g/mol. The number of likely N-dealkylation sites (tertiary alicyclic amines) is 1. The van der Waals surface area contributed by atoms with E-state index < -0.39 is 24.3 Å². The van der Waals surface area contributed by atoms with E-state index in [2.05, 4.69) is 25.4 Å². The Morgan fingerprint density at radius 2 is 1.79 bits per heavy atom. The molecule has 4 aromatic rings. The lowest BCUT2D eigenvalue weighted by Gasteiger charge is -2.14. The molecule has 1 atom stereocenters. The molecule has 0 spiro atoms. The lowest BCUT2D eigenvalue weighted by atomic mass is 10.1. The Labute approximate surface area is 192 Å². The molecule has 11 heteroatoms. The second-order valence-corrected chi connectivity index (χ2v) is 8.17. The smallest absolute Gasteiger partial charge is 0.314 e. The van der Waals surface area contributed by atoms with Gasteiger partial charge in [-0.2, -0.15) is 8.78 Å². The quantitative estimate of drug-likeness (QED) is 0.364. The highest BCUT2D eigenvalue weighted by Gasteiger charge is 2.21. The van der Waals surface area contributed by atoms with E-state index in [0.717, 1.165) is 23.7 Å². The van der Waals surface area contributed by atoms with E-state index in [1.54, 1.807) is 6.20 Å². The number of hydrogen-bond donors (Lipinski definition) is 0. The van der Waals surface area contributed by atoms with Crippen molar-refractivity contribution in [2.24, 2.45) is 0 Å². The van der Waals surface area contributed by atoms with Gasteiger partial charge in [0.15, 0.2) is 0 Å². The predicted molar refractivity (Wildman–Crippen MR) is 114 cm³/mol. The topological polar surface area (TPSA) is 72.9 Å². The average Bonchev–Trinajstić information content (AvgIpc) is 3.57. The third kappa shape index (κ3) is 4.84. The van der Waals surface area contributed by atoms with Gasteiger partial charge in [0, 0.05) is 36.3 Å². The fraction of sp³-hybridized carbons (Fsp3) is 0.304.